The first-order chi connectivity index (χ1) is 9.04. The molecule has 0 heterocycles. The second-order valence-electron chi connectivity index (χ2n) is 4.48. The highest BCUT2D eigenvalue weighted by Crippen LogP contribution is 2.18. The van der Waals surface area contributed by atoms with Gasteiger partial charge in [0.1, 0.15) is 12.4 Å². The molecule has 1 unspecified atom stereocenters. The zero-order valence-corrected chi connectivity index (χ0v) is 11.6. The number of benzene rings is 1. The molecule has 1 aromatic carbocycles. The number of hydrogen-bond donors (Lipinski definition) is 1. The number of amides is 1. The first-order valence-electron chi connectivity index (χ1n) is 6.31. The Hall–Kier alpha value is -1.46. The van der Waals surface area contributed by atoms with Crippen LogP contribution in [-0.2, 0) is 9.53 Å². The highest BCUT2D eigenvalue weighted by molar-refractivity contribution is 5.77. The van der Waals surface area contributed by atoms with Crippen LogP contribution in [0, 0.1) is 5.82 Å². The molecule has 0 aliphatic carbocycles. The van der Waals surface area contributed by atoms with E-state index >= 15 is 0 Å². The molecular formula is C14H21FN2O2. The standard InChI is InChI=1S/C14H21FN2O2/c1-4-19-10-14(18)16-9-13(17(2)3)11-6-5-7-12(15)8-11/h5-8,13H,4,9-10H2,1-3H3,(H,16,18). The van der Waals surface area contributed by atoms with Crippen molar-refractivity contribution >= 4 is 5.91 Å². The second-order valence-corrected chi connectivity index (χ2v) is 4.48. The Bertz CT molecular complexity index is 410. The maximum Gasteiger partial charge on any atom is 0.246 e. The number of rotatable bonds is 7. The smallest absolute Gasteiger partial charge is 0.246 e. The summed E-state index contributed by atoms with van der Waals surface area (Å²) in [6, 6.07) is 6.34. The third-order valence-corrected chi connectivity index (χ3v) is 2.79. The largest absolute Gasteiger partial charge is 0.372 e. The highest BCUT2D eigenvalue weighted by atomic mass is 19.1. The van der Waals surface area contributed by atoms with Gasteiger partial charge in [0.15, 0.2) is 0 Å². The minimum absolute atomic E-state index is 0.0554. The van der Waals surface area contributed by atoms with Gasteiger partial charge in [0, 0.05) is 13.2 Å². The lowest BCUT2D eigenvalue weighted by Gasteiger charge is -2.25. The van der Waals surface area contributed by atoms with Gasteiger partial charge in [0.25, 0.3) is 0 Å². The second kappa shape index (κ2) is 7.86. The van der Waals surface area contributed by atoms with E-state index in [1.54, 1.807) is 6.07 Å². The minimum atomic E-state index is -0.273. The van der Waals surface area contributed by atoms with E-state index in [9.17, 15) is 9.18 Å². The van der Waals surface area contributed by atoms with Crippen molar-refractivity contribution in [1.82, 2.24) is 10.2 Å². The lowest BCUT2D eigenvalue weighted by molar-refractivity contribution is -0.125. The summed E-state index contributed by atoms with van der Waals surface area (Å²) >= 11 is 0. The van der Waals surface area contributed by atoms with Crippen LogP contribution in [0.5, 0.6) is 0 Å². The summed E-state index contributed by atoms with van der Waals surface area (Å²) in [5, 5.41) is 2.79. The van der Waals surface area contributed by atoms with Crippen molar-refractivity contribution in [3.05, 3.63) is 35.6 Å². The monoisotopic (exact) mass is 268 g/mol. The topological polar surface area (TPSA) is 41.6 Å². The molecule has 0 saturated carbocycles. The van der Waals surface area contributed by atoms with E-state index < -0.39 is 0 Å². The number of hydrogen-bond acceptors (Lipinski definition) is 3. The van der Waals surface area contributed by atoms with E-state index in [1.807, 2.05) is 32.0 Å². The van der Waals surface area contributed by atoms with E-state index in [0.717, 1.165) is 5.56 Å². The third-order valence-electron chi connectivity index (χ3n) is 2.79. The van der Waals surface area contributed by atoms with Gasteiger partial charge in [-0.1, -0.05) is 12.1 Å². The van der Waals surface area contributed by atoms with Gasteiger partial charge >= 0.3 is 0 Å². The van der Waals surface area contributed by atoms with Crippen molar-refractivity contribution in [2.45, 2.75) is 13.0 Å². The number of halogens is 1. The van der Waals surface area contributed by atoms with Gasteiger partial charge in [0.2, 0.25) is 5.91 Å². The molecular weight excluding hydrogens is 247 g/mol. The van der Waals surface area contributed by atoms with Crippen molar-refractivity contribution in [2.24, 2.45) is 0 Å². The molecule has 0 radical (unpaired) electrons. The molecule has 1 aromatic rings. The molecule has 106 valence electrons. The summed E-state index contributed by atoms with van der Waals surface area (Å²) in [6.45, 7) is 2.82. The molecule has 1 amide bonds. The van der Waals surface area contributed by atoms with Gasteiger partial charge < -0.3 is 15.0 Å². The molecule has 0 saturated heterocycles. The third kappa shape index (κ3) is 5.36. The molecule has 1 rings (SSSR count). The Labute approximate surface area is 113 Å². The van der Waals surface area contributed by atoms with Gasteiger partial charge in [-0.3, -0.25) is 4.79 Å². The summed E-state index contributed by atoms with van der Waals surface area (Å²) in [5.74, 6) is -0.435. The fourth-order valence-electron chi connectivity index (χ4n) is 1.77. The Kier molecular flexibility index (Phi) is 6.45. The average molecular weight is 268 g/mol. The number of nitrogens with one attached hydrogen (secondary N) is 1. The van der Waals surface area contributed by atoms with Crippen molar-refractivity contribution in [1.29, 1.82) is 0 Å². The zero-order chi connectivity index (χ0) is 14.3. The van der Waals surface area contributed by atoms with Gasteiger partial charge in [-0.2, -0.15) is 0 Å². The first-order valence-corrected chi connectivity index (χ1v) is 6.31. The van der Waals surface area contributed by atoms with Gasteiger partial charge in [0.05, 0.1) is 6.04 Å². The number of nitrogens with zero attached hydrogens (tertiary/aromatic N) is 1. The molecule has 5 heteroatoms. The predicted octanol–water partition coefficient (Wildman–Crippen LogP) is 1.58. The summed E-state index contributed by atoms with van der Waals surface area (Å²) in [7, 11) is 3.79. The van der Waals surface area contributed by atoms with Crippen LogP contribution < -0.4 is 5.32 Å². The molecule has 0 aliphatic rings. The van der Waals surface area contributed by atoms with Crippen LogP contribution in [0.15, 0.2) is 24.3 Å². The Balaban J connectivity index is 2.61. The first kappa shape index (κ1) is 15.6. The van der Waals surface area contributed by atoms with Crippen LogP contribution >= 0.6 is 0 Å². The molecule has 4 nitrogen and oxygen atoms in total. The Morgan fingerprint density at radius 1 is 1.47 bits per heavy atom. The van der Waals surface area contributed by atoms with E-state index in [1.165, 1.54) is 12.1 Å². The molecule has 0 fully saturated rings. The number of ether oxygens (including phenoxy) is 1. The zero-order valence-electron chi connectivity index (χ0n) is 11.6. The van der Waals surface area contributed by atoms with E-state index in [4.69, 9.17) is 4.74 Å². The lowest BCUT2D eigenvalue weighted by Crippen LogP contribution is -2.36. The van der Waals surface area contributed by atoms with Gasteiger partial charge in [-0.15, -0.1) is 0 Å². The summed E-state index contributed by atoms with van der Waals surface area (Å²) < 4.78 is 18.3. The average Bonchev–Trinajstić information content (AvgIpc) is 2.36. The van der Waals surface area contributed by atoms with Crippen LogP contribution in [0.2, 0.25) is 0 Å². The molecule has 1 N–H and O–H groups in total. The number of carbonyl (C=O) groups is 1. The van der Waals surface area contributed by atoms with Crippen molar-refractivity contribution in [3.63, 3.8) is 0 Å². The normalized spacial score (nSPS) is 12.5. The van der Waals surface area contributed by atoms with Crippen LogP contribution in [0.4, 0.5) is 4.39 Å². The van der Waals surface area contributed by atoms with Crippen LogP contribution in [0.1, 0.15) is 18.5 Å². The lowest BCUT2D eigenvalue weighted by atomic mass is 10.1. The molecule has 1 atom stereocenters. The van der Waals surface area contributed by atoms with Crippen molar-refractivity contribution < 1.29 is 13.9 Å². The quantitative estimate of drug-likeness (QED) is 0.816. The summed E-state index contributed by atoms with van der Waals surface area (Å²) in [4.78, 5) is 13.4. The maximum atomic E-state index is 13.2. The van der Waals surface area contributed by atoms with Gasteiger partial charge in [-0.05, 0) is 38.7 Å². The fourth-order valence-corrected chi connectivity index (χ4v) is 1.77. The van der Waals surface area contributed by atoms with Crippen LogP contribution in [-0.4, -0.2) is 44.7 Å². The van der Waals surface area contributed by atoms with Crippen molar-refractivity contribution in [3.8, 4) is 0 Å². The number of carbonyl (C=O) groups excluding carboxylic acids is 1. The van der Waals surface area contributed by atoms with Crippen molar-refractivity contribution in [2.75, 3.05) is 33.9 Å². The molecule has 19 heavy (non-hydrogen) atoms. The fraction of sp³-hybridized carbons (Fsp3) is 0.500. The predicted molar refractivity (Wildman–Crippen MR) is 72.3 cm³/mol. The van der Waals surface area contributed by atoms with E-state index in [0.29, 0.717) is 13.2 Å². The summed E-state index contributed by atoms with van der Waals surface area (Å²) in [6.07, 6.45) is 0. The Morgan fingerprint density at radius 2 is 2.21 bits per heavy atom. The van der Waals surface area contributed by atoms with Crippen LogP contribution in [0.3, 0.4) is 0 Å². The minimum Gasteiger partial charge on any atom is -0.372 e. The van der Waals surface area contributed by atoms with Crippen LogP contribution in [0.25, 0.3) is 0 Å². The molecule has 0 bridgehead atoms. The molecule has 0 aliphatic heterocycles. The molecule has 0 spiro atoms. The van der Waals surface area contributed by atoms with E-state index in [-0.39, 0.29) is 24.4 Å². The van der Waals surface area contributed by atoms with E-state index in [2.05, 4.69) is 5.32 Å². The summed E-state index contributed by atoms with van der Waals surface area (Å²) in [5.41, 5.74) is 0.835. The maximum absolute atomic E-state index is 13.2. The SMILES string of the molecule is CCOCC(=O)NCC(c1cccc(F)c1)N(C)C. The highest BCUT2D eigenvalue weighted by Gasteiger charge is 2.15. The van der Waals surface area contributed by atoms with Gasteiger partial charge in [-0.25, -0.2) is 4.39 Å². The number of likely N-dealkylation sites (N-methyl/N-ethyl adjacent to an activating group) is 1. The Morgan fingerprint density at radius 3 is 2.79 bits per heavy atom. The molecule has 0 aromatic heterocycles.